The zero-order valence-electron chi connectivity index (χ0n) is 13.3. The summed E-state index contributed by atoms with van der Waals surface area (Å²) in [6.07, 6.45) is 2.03. The standard InChI is InChI=1S/C17H25N3O/c1-13(2)17(3,21)12-18-10-15-11-20(4)19-16(15)14-8-6-5-7-9-14/h5-9,11,13,18,21H,10,12H2,1-4H3. The van der Waals surface area contributed by atoms with Gasteiger partial charge in [0.2, 0.25) is 0 Å². The van der Waals surface area contributed by atoms with Crippen molar-refractivity contribution >= 4 is 0 Å². The fourth-order valence-electron chi connectivity index (χ4n) is 2.16. The predicted molar refractivity (Wildman–Crippen MR) is 85.8 cm³/mol. The molecule has 0 radical (unpaired) electrons. The second-order valence-electron chi connectivity index (χ2n) is 6.16. The molecule has 2 N–H and O–H groups in total. The van der Waals surface area contributed by atoms with Gasteiger partial charge in [0.15, 0.2) is 0 Å². The van der Waals surface area contributed by atoms with Gasteiger partial charge in [-0.2, -0.15) is 5.10 Å². The van der Waals surface area contributed by atoms with Gasteiger partial charge in [-0.15, -0.1) is 0 Å². The normalized spacial score (nSPS) is 14.4. The van der Waals surface area contributed by atoms with Crippen LogP contribution in [0.25, 0.3) is 11.3 Å². The topological polar surface area (TPSA) is 50.1 Å². The average molecular weight is 287 g/mol. The molecule has 1 unspecified atom stereocenters. The van der Waals surface area contributed by atoms with Gasteiger partial charge in [0.05, 0.1) is 11.3 Å². The number of nitrogens with one attached hydrogen (secondary N) is 1. The van der Waals surface area contributed by atoms with E-state index in [1.54, 1.807) is 0 Å². The van der Waals surface area contributed by atoms with Crippen molar-refractivity contribution in [2.24, 2.45) is 13.0 Å². The Labute approximate surface area is 126 Å². The highest BCUT2D eigenvalue weighted by atomic mass is 16.3. The zero-order chi connectivity index (χ0) is 15.5. The molecule has 0 saturated heterocycles. The number of benzene rings is 1. The third-order valence-electron chi connectivity index (χ3n) is 3.99. The second-order valence-corrected chi connectivity index (χ2v) is 6.16. The van der Waals surface area contributed by atoms with E-state index in [2.05, 4.69) is 22.5 Å². The van der Waals surface area contributed by atoms with E-state index in [-0.39, 0.29) is 5.92 Å². The molecule has 1 aromatic heterocycles. The quantitative estimate of drug-likeness (QED) is 0.858. The van der Waals surface area contributed by atoms with Crippen molar-refractivity contribution in [1.82, 2.24) is 15.1 Å². The number of aryl methyl sites for hydroxylation is 1. The van der Waals surface area contributed by atoms with Crippen LogP contribution in [0.2, 0.25) is 0 Å². The van der Waals surface area contributed by atoms with Gasteiger partial charge >= 0.3 is 0 Å². The third kappa shape index (κ3) is 3.93. The number of nitrogens with zero attached hydrogens (tertiary/aromatic N) is 2. The van der Waals surface area contributed by atoms with E-state index in [0.29, 0.717) is 13.1 Å². The van der Waals surface area contributed by atoms with Crippen LogP contribution in [0.1, 0.15) is 26.3 Å². The summed E-state index contributed by atoms with van der Waals surface area (Å²) in [5, 5.41) is 18.2. The van der Waals surface area contributed by atoms with Crippen molar-refractivity contribution < 1.29 is 5.11 Å². The summed E-state index contributed by atoms with van der Waals surface area (Å²) in [7, 11) is 1.93. The highest BCUT2D eigenvalue weighted by Crippen LogP contribution is 2.22. The van der Waals surface area contributed by atoms with Gasteiger partial charge < -0.3 is 10.4 Å². The first-order valence-corrected chi connectivity index (χ1v) is 7.41. The summed E-state index contributed by atoms with van der Waals surface area (Å²) in [5.74, 6) is 0.215. The van der Waals surface area contributed by atoms with Crippen LogP contribution in [0.15, 0.2) is 36.5 Å². The summed E-state index contributed by atoms with van der Waals surface area (Å²) < 4.78 is 1.83. The van der Waals surface area contributed by atoms with E-state index in [4.69, 9.17) is 0 Å². The van der Waals surface area contributed by atoms with Gasteiger partial charge in [-0.25, -0.2) is 0 Å². The molecule has 114 valence electrons. The molecular formula is C17H25N3O. The number of aliphatic hydroxyl groups is 1. The monoisotopic (exact) mass is 287 g/mol. The van der Waals surface area contributed by atoms with Gasteiger partial charge in [0, 0.05) is 37.5 Å². The summed E-state index contributed by atoms with van der Waals surface area (Å²) in [6.45, 7) is 7.18. The molecule has 2 aromatic rings. The predicted octanol–water partition coefficient (Wildman–Crippen LogP) is 2.58. The number of hydrogen-bond acceptors (Lipinski definition) is 3. The van der Waals surface area contributed by atoms with E-state index >= 15 is 0 Å². The molecule has 4 heteroatoms. The molecule has 0 fully saturated rings. The number of hydrogen-bond donors (Lipinski definition) is 2. The highest BCUT2D eigenvalue weighted by Gasteiger charge is 2.24. The molecule has 0 saturated carbocycles. The lowest BCUT2D eigenvalue weighted by Gasteiger charge is -2.27. The van der Waals surface area contributed by atoms with Gasteiger partial charge in [-0.3, -0.25) is 4.68 Å². The molecule has 1 atom stereocenters. The molecule has 1 aromatic carbocycles. The molecule has 4 nitrogen and oxygen atoms in total. The van der Waals surface area contributed by atoms with Crippen molar-refractivity contribution in [2.45, 2.75) is 32.9 Å². The van der Waals surface area contributed by atoms with E-state index in [9.17, 15) is 5.11 Å². The van der Waals surface area contributed by atoms with E-state index in [0.717, 1.165) is 16.8 Å². The second kappa shape index (κ2) is 6.41. The maximum absolute atomic E-state index is 10.3. The Morgan fingerprint density at radius 1 is 1.29 bits per heavy atom. The summed E-state index contributed by atoms with van der Waals surface area (Å²) in [4.78, 5) is 0. The number of rotatable bonds is 6. The lowest BCUT2D eigenvalue weighted by atomic mass is 9.92. The van der Waals surface area contributed by atoms with Crippen molar-refractivity contribution in [3.63, 3.8) is 0 Å². The van der Waals surface area contributed by atoms with Crippen LogP contribution in [-0.2, 0) is 13.6 Å². The molecule has 1 heterocycles. The Morgan fingerprint density at radius 3 is 2.57 bits per heavy atom. The van der Waals surface area contributed by atoms with Crippen molar-refractivity contribution in [2.75, 3.05) is 6.54 Å². The molecule has 2 rings (SSSR count). The molecule has 0 amide bonds. The Bertz CT molecular complexity index is 573. The Balaban J connectivity index is 2.08. The van der Waals surface area contributed by atoms with Gasteiger partial charge in [-0.05, 0) is 12.8 Å². The molecule has 0 spiro atoms. The largest absolute Gasteiger partial charge is 0.389 e. The molecule has 0 aliphatic carbocycles. The Morgan fingerprint density at radius 2 is 1.95 bits per heavy atom. The average Bonchev–Trinajstić information content (AvgIpc) is 2.80. The molecule has 21 heavy (non-hydrogen) atoms. The first kappa shape index (κ1) is 15.7. The van der Waals surface area contributed by atoms with Gasteiger partial charge in [0.1, 0.15) is 0 Å². The van der Waals surface area contributed by atoms with Gasteiger partial charge in [0.25, 0.3) is 0 Å². The minimum atomic E-state index is -0.699. The minimum Gasteiger partial charge on any atom is -0.389 e. The van der Waals surface area contributed by atoms with Crippen molar-refractivity contribution in [1.29, 1.82) is 0 Å². The lowest BCUT2D eigenvalue weighted by Crippen LogP contribution is -2.41. The molecule has 0 bridgehead atoms. The number of aromatic nitrogens is 2. The SMILES string of the molecule is CC(C)C(C)(O)CNCc1cn(C)nc1-c1ccccc1. The first-order valence-electron chi connectivity index (χ1n) is 7.41. The maximum Gasteiger partial charge on any atom is 0.0967 e. The van der Waals surface area contributed by atoms with E-state index in [1.807, 2.05) is 56.9 Å². The molecule has 0 aliphatic rings. The first-order chi connectivity index (χ1) is 9.90. The van der Waals surface area contributed by atoms with E-state index in [1.165, 1.54) is 0 Å². The van der Waals surface area contributed by atoms with Crippen molar-refractivity contribution in [3.8, 4) is 11.3 Å². The zero-order valence-corrected chi connectivity index (χ0v) is 13.3. The van der Waals surface area contributed by atoms with Crippen LogP contribution in [-0.4, -0.2) is 27.0 Å². The van der Waals surface area contributed by atoms with Crippen LogP contribution in [0, 0.1) is 5.92 Å². The van der Waals surface area contributed by atoms with Gasteiger partial charge in [-0.1, -0.05) is 44.2 Å². The fraction of sp³-hybridized carbons (Fsp3) is 0.471. The fourth-order valence-corrected chi connectivity index (χ4v) is 2.16. The summed E-state index contributed by atoms with van der Waals surface area (Å²) in [5.41, 5.74) is 2.55. The molecular weight excluding hydrogens is 262 g/mol. The van der Waals surface area contributed by atoms with E-state index < -0.39 is 5.60 Å². The lowest BCUT2D eigenvalue weighted by molar-refractivity contribution is 0.0140. The van der Waals surface area contributed by atoms with Crippen LogP contribution < -0.4 is 5.32 Å². The van der Waals surface area contributed by atoms with Crippen LogP contribution in [0.3, 0.4) is 0 Å². The third-order valence-corrected chi connectivity index (χ3v) is 3.99. The minimum absolute atomic E-state index is 0.215. The van der Waals surface area contributed by atoms with Crippen LogP contribution in [0.4, 0.5) is 0 Å². The Kier molecular flexibility index (Phi) is 4.80. The maximum atomic E-state index is 10.3. The van der Waals surface area contributed by atoms with Crippen LogP contribution in [0.5, 0.6) is 0 Å². The summed E-state index contributed by atoms with van der Waals surface area (Å²) >= 11 is 0. The summed E-state index contributed by atoms with van der Waals surface area (Å²) in [6, 6.07) is 10.2. The Hall–Kier alpha value is -1.65. The smallest absolute Gasteiger partial charge is 0.0967 e. The highest BCUT2D eigenvalue weighted by molar-refractivity contribution is 5.62. The molecule has 0 aliphatic heterocycles. The van der Waals surface area contributed by atoms with Crippen LogP contribution >= 0.6 is 0 Å². The van der Waals surface area contributed by atoms with Crippen molar-refractivity contribution in [3.05, 3.63) is 42.1 Å².